The lowest BCUT2D eigenvalue weighted by Crippen LogP contribution is -2.00. The molecule has 2 aromatic rings. The zero-order valence-electron chi connectivity index (χ0n) is 11.2. The molecule has 0 amide bonds. The van der Waals surface area contributed by atoms with Crippen molar-refractivity contribution in [1.82, 2.24) is 10.1 Å². The van der Waals surface area contributed by atoms with Gasteiger partial charge in [0, 0.05) is 6.08 Å². The van der Waals surface area contributed by atoms with Crippen LogP contribution >= 0.6 is 0 Å². The lowest BCUT2D eigenvalue weighted by atomic mass is 10.2. The van der Waals surface area contributed by atoms with E-state index in [1.807, 2.05) is 24.3 Å². The Hall–Kier alpha value is -2.63. The first-order valence-corrected chi connectivity index (χ1v) is 5.95. The summed E-state index contributed by atoms with van der Waals surface area (Å²) < 4.78 is 14.8. The quantitative estimate of drug-likeness (QED) is 0.614. The molecule has 20 heavy (non-hydrogen) atoms. The number of esters is 1. The monoisotopic (exact) mass is 274 g/mol. The number of benzene rings is 1. The fraction of sp³-hybridized carbons (Fsp3) is 0.214. The van der Waals surface area contributed by atoms with Crippen molar-refractivity contribution >= 4 is 12.0 Å². The Kier molecular flexibility index (Phi) is 4.49. The average molecular weight is 274 g/mol. The summed E-state index contributed by atoms with van der Waals surface area (Å²) >= 11 is 0. The van der Waals surface area contributed by atoms with Crippen LogP contribution in [0.5, 0.6) is 5.75 Å². The van der Waals surface area contributed by atoms with Crippen molar-refractivity contribution < 1.29 is 18.8 Å². The van der Waals surface area contributed by atoms with Gasteiger partial charge in [0.2, 0.25) is 0 Å². The Morgan fingerprint density at radius 1 is 1.35 bits per heavy atom. The lowest BCUT2D eigenvalue weighted by molar-refractivity contribution is -0.139. The van der Waals surface area contributed by atoms with E-state index in [4.69, 9.17) is 14.0 Å². The molecule has 0 spiro atoms. The number of carbonyl (C=O) groups excluding carboxylic acids is 1. The van der Waals surface area contributed by atoms with Crippen LogP contribution < -0.4 is 4.74 Å². The fourth-order valence-corrected chi connectivity index (χ4v) is 1.46. The van der Waals surface area contributed by atoms with E-state index in [0.29, 0.717) is 5.82 Å². The Labute approximate surface area is 116 Å². The second kappa shape index (κ2) is 6.51. The number of carbonyl (C=O) groups is 1. The molecule has 0 aliphatic carbocycles. The average Bonchev–Trinajstić information content (AvgIpc) is 2.89. The molecule has 0 radical (unpaired) electrons. The van der Waals surface area contributed by atoms with Gasteiger partial charge in [0.05, 0.1) is 7.11 Å². The third kappa shape index (κ3) is 3.94. The van der Waals surface area contributed by atoms with Crippen molar-refractivity contribution in [3.05, 3.63) is 47.6 Å². The van der Waals surface area contributed by atoms with Crippen molar-refractivity contribution in [3.8, 4) is 5.75 Å². The number of rotatable bonds is 5. The van der Waals surface area contributed by atoms with E-state index in [0.717, 1.165) is 11.3 Å². The fourth-order valence-electron chi connectivity index (χ4n) is 1.46. The molecule has 104 valence electrons. The summed E-state index contributed by atoms with van der Waals surface area (Å²) in [6, 6.07) is 7.30. The summed E-state index contributed by atoms with van der Waals surface area (Å²) in [5, 5.41) is 3.60. The van der Waals surface area contributed by atoms with Crippen molar-refractivity contribution in [2.24, 2.45) is 0 Å². The molecular formula is C14H14N2O4. The van der Waals surface area contributed by atoms with Crippen LogP contribution in [0.3, 0.4) is 0 Å². The number of nitrogens with zero attached hydrogens (tertiary/aromatic N) is 2. The molecule has 0 unspecified atom stereocenters. The molecule has 0 saturated heterocycles. The van der Waals surface area contributed by atoms with Gasteiger partial charge in [0.25, 0.3) is 5.89 Å². The van der Waals surface area contributed by atoms with Crippen LogP contribution in [0.2, 0.25) is 0 Å². The molecule has 0 atom stereocenters. The SMILES string of the molecule is COc1ccc(/C=C/C(=O)OCc2nc(C)no2)cc1. The zero-order valence-corrected chi connectivity index (χ0v) is 11.2. The predicted molar refractivity (Wildman–Crippen MR) is 70.9 cm³/mol. The highest BCUT2D eigenvalue weighted by Gasteiger charge is 2.05. The van der Waals surface area contributed by atoms with Crippen molar-refractivity contribution in [1.29, 1.82) is 0 Å². The molecule has 6 heteroatoms. The highest BCUT2D eigenvalue weighted by molar-refractivity contribution is 5.87. The van der Waals surface area contributed by atoms with Crippen molar-refractivity contribution in [3.63, 3.8) is 0 Å². The van der Waals surface area contributed by atoms with Crippen molar-refractivity contribution in [2.45, 2.75) is 13.5 Å². The molecule has 1 heterocycles. The Bertz CT molecular complexity index is 602. The van der Waals surface area contributed by atoms with Crippen LogP contribution in [-0.2, 0) is 16.1 Å². The Morgan fingerprint density at radius 3 is 2.70 bits per heavy atom. The van der Waals surface area contributed by atoms with Gasteiger partial charge in [-0.05, 0) is 30.7 Å². The van der Waals surface area contributed by atoms with E-state index in [2.05, 4.69) is 10.1 Å². The van der Waals surface area contributed by atoms with Gasteiger partial charge in [0.1, 0.15) is 5.75 Å². The highest BCUT2D eigenvalue weighted by Crippen LogP contribution is 2.12. The maximum Gasteiger partial charge on any atom is 0.331 e. The van der Waals surface area contributed by atoms with Gasteiger partial charge in [-0.15, -0.1) is 0 Å². The van der Waals surface area contributed by atoms with Gasteiger partial charge in [0.15, 0.2) is 12.4 Å². The molecule has 0 bridgehead atoms. The normalized spacial score (nSPS) is 10.7. The summed E-state index contributed by atoms with van der Waals surface area (Å²) in [5.41, 5.74) is 0.872. The van der Waals surface area contributed by atoms with Gasteiger partial charge >= 0.3 is 5.97 Å². The summed E-state index contributed by atoms with van der Waals surface area (Å²) in [5.74, 6) is 1.06. The van der Waals surface area contributed by atoms with Gasteiger partial charge in [-0.2, -0.15) is 4.98 Å². The van der Waals surface area contributed by atoms with E-state index in [-0.39, 0.29) is 12.5 Å². The smallest absolute Gasteiger partial charge is 0.331 e. The number of hydrogen-bond acceptors (Lipinski definition) is 6. The molecule has 0 aliphatic rings. The summed E-state index contributed by atoms with van der Waals surface area (Å²) in [7, 11) is 1.60. The molecule has 0 fully saturated rings. The van der Waals surface area contributed by atoms with Crippen LogP contribution in [0.25, 0.3) is 6.08 Å². The second-order valence-corrected chi connectivity index (χ2v) is 3.95. The van der Waals surface area contributed by atoms with Crippen molar-refractivity contribution in [2.75, 3.05) is 7.11 Å². The highest BCUT2D eigenvalue weighted by atomic mass is 16.6. The molecule has 2 rings (SSSR count). The van der Waals surface area contributed by atoms with Gasteiger partial charge in [-0.25, -0.2) is 4.79 Å². The minimum atomic E-state index is -0.475. The van der Waals surface area contributed by atoms with E-state index < -0.39 is 5.97 Å². The molecule has 0 saturated carbocycles. The van der Waals surface area contributed by atoms with E-state index in [1.165, 1.54) is 6.08 Å². The summed E-state index contributed by atoms with van der Waals surface area (Å²) in [6.45, 7) is 1.66. The maximum absolute atomic E-state index is 11.5. The molecular weight excluding hydrogens is 260 g/mol. The first kappa shape index (κ1) is 13.8. The number of aromatic nitrogens is 2. The van der Waals surface area contributed by atoms with Crippen LogP contribution in [0.4, 0.5) is 0 Å². The predicted octanol–water partition coefficient (Wildman–Crippen LogP) is 2.14. The van der Waals surface area contributed by atoms with Gasteiger partial charge < -0.3 is 14.0 Å². The molecule has 1 aromatic heterocycles. The van der Waals surface area contributed by atoms with E-state index >= 15 is 0 Å². The van der Waals surface area contributed by atoms with Crippen LogP contribution in [0.1, 0.15) is 17.3 Å². The van der Waals surface area contributed by atoms with E-state index in [9.17, 15) is 4.79 Å². The minimum Gasteiger partial charge on any atom is -0.497 e. The zero-order chi connectivity index (χ0) is 14.4. The molecule has 1 aromatic carbocycles. The van der Waals surface area contributed by atoms with Crippen LogP contribution in [0, 0.1) is 6.92 Å². The number of aryl methyl sites for hydroxylation is 1. The summed E-state index contributed by atoms with van der Waals surface area (Å²) in [6.07, 6.45) is 2.99. The standard InChI is InChI=1S/C14H14N2O4/c1-10-15-13(20-16-10)9-19-14(17)8-5-11-3-6-12(18-2)7-4-11/h3-8H,9H2,1-2H3/b8-5+. The number of methoxy groups -OCH3 is 1. The minimum absolute atomic E-state index is 0.0351. The Balaban J connectivity index is 1.85. The molecule has 0 aliphatic heterocycles. The largest absolute Gasteiger partial charge is 0.497 e. The van der Waals surface area contributed by atoms with Crippen LogP contribution in [0.15, 0.2) is 34.9 Å². The first-order valence-electron chi connectivity index (χ1n) is 5.95. The van der Waals surface area contributed by atoms with Gasteiger partial charge in [-0.3, -0.25) is 0 Å². The Morgan fingerprint density at radius 2 is 2.10 bits per heavy atom. The lowest BCUT2D eigenvalue weighted by Gasteiger charge is -1.99. The van der Waals surface area contributed by atoms with E-state index in [1.54, 1.807) is 20.1 Å². The topological polar surface area (TPSA) is 74.5 Å². The molecule has 0 N–H and O–H groups in total. The van der Waals surface area contributed by atoms with Crippen LogP contribution in [-0.4, -0.2) is 23.2 Å². The third-order valence-electron chi connectivity index (χ3n) is 2.44. The molecule has 6 nitrogen and oxygen atoms in total. The third-order valence-corrected chi connectivity index (χ3v) is 2.44. The summed E-state index contributed by atoms with van der Waals surface area (Å²) in [4.78, 5) is 15.4. The first-order chi connectivity index (χ1) is 9.67. The maximum atomic E-state index is 11.5. The second-order valence-electron chi connectivity index (χ2n) is 3.95. The van der Waals surface area contributed by atoms with Gasteiger partial charge in [-0.1, -0.05) is 17.3 Å². The number of ether oxygens (including phenoxy) is 2. The number of hydrogen-bond donors (Lipinski definition) is 0.